The lowest BCUT2D eigenvalue weighted by atomic mass is 10.1. The van der Waals surface area contributed by atoms with Crippen LogP contribution in [-0.2, 0) is 6.42 Å². The Morgan fingerprint density at radius 3 is 2.71 bits per heavy atom. The standard InChI is InChI=1S/C17H16N2O2/c1-21-14-8-9-15-13(11-14)7-10-16(15)18-19-17(20)12-5-3-2-4-6-12/h2-6,8-11,18H,7H2,1H3,(H,19,20). The number of carbonyl (C=O) groups excluding carboxylic acids is 1. The van der Waals surface area contributed by atoms with Crippen molar-refractivity contribution >= 4 is 11.6 Å². The third-order valence-corrected chi connectivity index (χ3v) is 3.48. The van der Waals surface area contributed by atoms with E-state index < -0.39 is 0 Å². The second-order valence-corrected chi connectivity index (χ2v) is 4.79. The topological polar surface area (TPSA) is 50.4 Å². The monoisotopic (exact) mass is 280 g/mol. The van der Waals surface area contributed by atoms with Crippen LogP contribution in [0.4, 0.5) is 0 Å². The normalized spacial score (nSPS) is 12.3. The predicted octanol–water partition coefficient (Wildman–Crippen LogP) is 2.53. The van der Waals surface area contributed by atoms with Crippen molar-refractivity contribution in [3.63, 3.8) is 0 Å². The highest BCUT2D eigenvalue weighted by molar-refractivity contribution is 5.94. The highest BCUT2D eigenvalue weighted by Gasteiger charge is 2.15. The number of hydrazine groups is 1. The SMILES string of the molecule is COc1ccc2c(c1)CC=C2NNC(=O)c1ccccc1. The van der Waals surface area contributed by atoms with Gasteiger partial charge in [-0.25, -0.2) is 0 Å². The zero-order valence-corrected chi connectivity index (χ0v) is 11.7. The van der Waals surface area contributed by atoms with E-state index >= 15 is 0 Å². The number of fused-ring (bicyclic) bond motifs is 1. The number of carbonyl (C=O) groups is 1. The fraction of sp³-hybridized carbons (Fsp3) is 0.118. The molecule has 21 heavy (non-hydrogen) atoms. The molecule has 0 spiro atoms. The summed E-state index contributed by atoms with van der Waals surface area (Å²) >= 11 is 0. The van der Waals surface area contributed by atoms with Crippen molar-refractivity contribution in [2.75, 3.05) is 7.11 Å². The van der Waals surface area contributed by atoms with E-state index in [9.17, 15) is 4.79 Å². The summed E-state index contributed by atoms with van der Waals surface area (Å²) in [7, 11) is 1.66. The van der Waals surface area contributed by atoms with Gasteiger partial charge in [-0.3, -0.25) is 15.6 Å². The smallest absolute Gasteiger partial charge is 0.269 e. The van der Waals surface area contributed by atoms with Crippen LogP contribution in [0, 0.1) is 0 Å². The van der Waals surface area contributed by atoms with Gasteiger partial charge in [0.15, 0.2) is 0 Å². The van der Waals surface area contributed by atoms with Gasteiger partial charge in [0.1, 0.15) is 5.75 Å². The second-order valence-electron chi connectivity index (χ2n) is 4.79. The Hall–Kier alpha value is -2.75. The van der Waals surface area contributed by atoms with E-state index in [0.29, 0.717) is 5.56 Å². The number of nitrogens with one attached hydrogen (secondary N) is 2. The molecular formula is C17H16N2O2. The van der Waals surface area contributed by atoms with Crippen LogP contribution in [-0.4, -0.2) is 13.0 Å². The molecule has 1 aliphatic carbocycles. The maximum Gasteiger partial charge on any atom is 0.269 e. The second kappa shape index (κ2) is 5.71. The maximum absolute atomic E-state index is 12.0. The van der Waals surface area contributed by atoms with Crippen LogP contribution in [0.25, 0.3) is 5.70 Å². The van der Waals surface area contributed by atoms with Crippen LogP contribution in [0.1, 0.15) is 21.5 Å². The molecule has 0 fully saturated rings. The molecule has 106 valence electrons. The quantitative estimate of drug-likeness (QED) is 0.846. The van der Waals surface area contributed by atoms with Crippen molar-refractivity contribution in [1.29, 1.82) is 0 Å². The predicted molar refractivity (Wildman–Crippen MR) is 81.7 cm³/mol. The van der Waals surface area contributed by atoms with E-state index in [2.05, 4.69) is 16.9 Å². The molecule has 0 saturated heterocycles. The van der Waals surface area contributed by atoms with Gasteiger partial charge in [-0.05, 0) is 42.3 Å². The minimum Gasteiger partial charge on any atom is -0.497 e. The molecule has 2 N–H and O–H groups in total. The molecule has 2 aromatic rings. The number of rotatable bonds is 4. The van der Waals surface area contributed by atoms with E-state index in [0.717, 1.165) is 23.4 Å². The number of hydrogen-bond acceptors (Lipinski definition) is 3. The van der Waals surface area contributed by atoms with Gasteiger partial charge in [-0.1, -0.05) is 24.3 Å². The van der Waals surface area contributed by atoms with Crippen molar-refractivity contribution in [1.82, 2.24) is 10.9 Å². The van der Waals surface area contributed by atoms with E-state index in [1.807, 2.05) is 36.4 Å². The van der Waals surface area contributed by atoms with Crippen LogP contribution in [0.3, 0.4) is 0 Å². The lowest BCUT2D eigenvalue weighted by Gasteiger charge is -2.11. The first-order valence-corrected chi connectivity index (χ1v) is 6.77. The summed E-state index contributed by atoms with van der Waals surface area (Å²) in [6.07, 6.45) is 2.88. The summed E-state index contributed by atoms with van der Waals surface area (Å²) in [4.78, 5) is 12.0. The highest BCUT2D eigenvalue weighted by Crippen LogP contribution is 2.28. The largest absolute Gasteiger partial charge is 0.497 e. The first kappa shape index (κ1) is 13.2. The van der Waals surface area contributed by atoms with Crippen molar-refractivity contribution < 1.29 is 9.53 Å². The zero-order chi connectivity index (χ0) is 14.7. The Labute approximate surface area is 123 Å². The van der Waals surface area contributed by atoms with E-state index in [-0.39, 0.29) is 5.91 Å². The lowest BCUT2D eigenvalue weighted by Crippen LogP contribution is -2.35. The van der Waals surface area contributed by atoms with Crippen LogP contribution >= 0.6 is 0 Å². The molecule has 4 nitrogen and oxygen atoms in total. The number of amides is 1. The molecular weight excluding hydrogens is 264 g/mol. The van der Waals surface area contributed by atoms with Crippen molar-refractivity contribution in [3.05, 3.63) is 71.3 Å². The van der Waals surface area contributed by atoms with Crippen LogP contribution in [0.5, 0.6) is 5.75 Å². The van der Waals surface area contributed by atoms with Crippen molar-refractivity contribution in [3.8, 4) is 5.75 Å². The fourth-order valence-corrected chi connectivity index (χ4v) is 2.35. The zero-order valence-electron chi connectivity index (χ0n) is 11.7. The minimum absolute atomic E-state index is 0.154. The Morgan fingerprint density at radius 2 is 1.95 bits per heavy atom. The van der Waals surface area contributed by atoms with Crippen LogP contribution in [0.15, 0.2) is 54.6 Å². The van der Waals surface area contributed by atoms with Gasteiger partial charge in [-0.2, -0.15) is 0 Å². The number of methoxy groups -OCH3 is 1. The molecule has 0 atom stereocenters. The number of allylic oxidation sites excluding steroid dienone is 1. The van der Waals surface area contributed by atoms with Gasteiger partial charge < -0.3 is 4.74 Å². The first-order chi connectivity index (χ1) is 10.3. The van der Waals surface area contributed by atoms with Crippen LogP contribution < -0.4 is 15.6 Å². The molecule has 1 aliphatic rings. The van der Waals surface area contributed by atoms with Gasteiger partial charge in [0.05, 0.1) is 12.8 Å². The molecule has 0 unspecified atom stereocenters. The summed E-state index contributed by atoms with van der Waals surface area (Å²) < 4.78 is 5.22. The van der Waals surface area contributed by atoms with Gasteiger partial charge in [0, 0.05) is 11.1 Å². The average molecular weight is 280 g/mol. The molecule has 1 amide bonds. The molecule has 0 bridgehead atoms. The summed E-state index contributed by atoms with van der Waals surface area (Å²) in [6.45, 7) is 0. The van der Waals surface area contributed by atoms with E-state index in [4.69, 9.17) is 4.74 Å². The summed E-state index contributed by atoms with van der Waals surface area (Å²) in [6, 6.07) is 15.0. The van der Waals surface area contributed by atoms with Gasteiger partial charge in [-0.15, -0.1) is 0 Å². The average Bonchev–Trinajstić information content (AvgIpc) is 2.95. The Bertz CT molecular complexity index is 693. The molecule has 0 saturated carbocycles. The van der Waals surface area contributed by atoms with Gasteiger partial charge in [0.25, 0.3) is 5.91 Å². The van der Waals surface area contributed by atoms with E-state index in [1.54, 1.807) is 19.2 Å². The molecule has 0 aliphatic heterocycles. The Kier molecular flexibility index (Phi) is 3.60. The number of ether oxygens (including phenoxy) is 1. The number of hydrogen-bond donors (Lipinski definition) is 2. The fourth-order valence-electron chi connectivity index (χ4n) is 2.35. The summed E-state index contributed by atoms with van der Waals surface area (Å²) in [5.41, 5.74) is 9.53. The first-order valence-electron chi connectivity index (χ1n) is 6.77. The molecule has 0 heterocycles. The van der Waals surface area contributed by atoms with Gasteiger partial charge >= 0.3 is 0 Å². The maximum atomic E-state index is 12.0. The molecule has 0 aromatic heterocycles. The Balaban J connectivity index is 1.67. The Morgan fingerprint density at radius 1 is 1.14 bits per heavy atom. The molecule has 3 rings (SSSR count). The van der Waals surface area contributed by atoms with Crippen molar-refractivity contribution in [2.45, 2.75) is 6.42 Å². The lowest BCUT2D eigenvalue weighted by molar-refractivity contribution is 0.0942. The third kappa shape index (κ3) is 2.74. The third-order valence-electron chi connectivity index (χ3n) is 3.48. The molecule has 0 radical (unpaired) electrons. The van der Waals surface area contributed by atoms with E-state index in [1.165, 1.54) is 5.56 Å². The number of benzene rings is 2. The summed E-state index contributed by atoms with van der Waals surface area (Å²) in [5.74, 6) is 0.690. The van der Waals surface area contributed by atoms with Crippen molar-refractivity contribution in [2.24, 2.45) is 0 Å². The molecule has 2 aromatic carbocycles. The highest BCUT2D eigenvalue weighted by atomic mass is 16.5. The van der Waals surface area contributed by atoms with Crippen LogP contribution in [0.2, 0.25) is 0 Å². The minimum atomic E-state index is -0.154. The van der Waals surface area contributed by atoms with Gasteiger partial charge in [0.2, 0.25) is 0 Å². The molecule has 4 heteroatoms. The summed E-state index contributed by atoms with van der Waals surface area (Å²) in [5, 5.41) is 0.